The van der Waals surface area contributed by atoms with Crippen LogP contribution in [-0.4, -0.2) is 26.8 Å². The predicted octanol–water partition coefficient (Wildman–Crippen LogP) is 3.53. The number of H-pyrrole nitrogens is 1. The summed E-state index contributed by atoms with van der Waals surface area (Å²) in [5.41, 5.74) is 4.20. The largest absolute Gasteiger partial charge is 0.360 e. The molecule has 2 N–H and O–H groups in total. The van der Waals surface area contributed by atoms with Gasteiger partial charge in [0.05, 0.1) is 5.56 Å². The molecule has 6 nitrogen and oxygen atoms in total. The van der Waals surface area contributed by atoms with Crippen molar-refractivity contribution in [2.24, 2.45) is 0 Å². The second-order valence-electron chi connectivity index (χ2n) is 6.02. The highest BCUT2D eigenvalue weighted by molar-refractivity contribution is 7.09. The first-order valence-corrected chi connectivity index (χ1v) is 9.17. The van der Waals surface area contributed by atoms with Gasteiger partial charge in [-0.25, -0.2) is 4.98 Å². The van der Waals surface area contributed by atoms with Gasteiger partial charge in [-0.05, 0) is 47.8 Å². The number of amides is 1. The van der Waals surface area contributed by atoms with Crippen molar-refractivity contribution in [2.45, 2.75) is 6.42 Å². The molecular weight excluding hydrogens is 358 g/mol. The Morgan fingerprint density at radius 2 is 2.07 bits per heavy atom. The van der Waals surface area contributed by atoms with Crippen LogP contribution in [0.5, 0.6) is 0 Å². The van der Waals surface area contributed by atoms with E-state index in [1.54, 1.807) is 18.3 Å². The summed E-state index contributed by atoms with van der Waals surface area (Å²) in [6.07, 6.45) is 3.92. The van der Waals surface area contributed by atoms with Gasteiger partial charge in [-0.3, -0.25) is 4.79 Å². The van der Waals surface area contributed by atoms with Gasteiger partial charge in [-0.15, -0.1) is 0 Å². The Kier molecular flexibility index (Phi) is 4.64. The number of hydrogen-bond acceptors (Lipinski definition) is 5. The number of nitrogens with one attached hydrogen (secondary N) is 2. The number of benzene rings is 2. The minimum Gasteiger partial charge on any atom is -0.360 e. The summed E-state index contributed by atoms with van der Waals surface area (Å²) in [4.78, 5) is 19.6. The lowest BCUT2D eigenvalue weighted by atomic mass is 10.1. The van der Waals surface area contributed by atoms with E-state index in [0.717, 1.165) is 27.0 Å². The molecule has 0 unspecified atom stereocenters. The minimum absolute atomic E-state index is 0.112. The maximum atomic E-state index is 12.3. The molecule has 4 aromatic rings. The molecule has 0 spiro atoms. The molecule has 0 bridgehead atoms. The summed E-state index contributed by atoms with van der Waals surface area (Å²) >= 11 is 1.32. The molecule has 27 heavy (non-hydrogen) atoms. The average molecular weight is 373 g/mol. The number of aromatic amines is 1. The third kappa shape index (κ3) is 3.57. The lowest BCUT2D eigenvalue weighted by molar-refractivity contribution is 0.0954. The zero-order valence-corrected chi connectivity index (χ0v) is 15.1. The monoisotopic (exact) mass is 373 g/mol. The third-order valence-electron chi connectivity index (χ3n) is 4.32. The molecule has 2 heterocycles. The second-order valence-corrected chi connectivity index (χ2v) is 6.80. The van der Waals surface area contributed by atoms with Crippen LogP contribution in [-0.2, 0) is 6.42 Å². The summed E-state index contributed by atoms with van der Waals surface area (Å²) in [5.74, 6) is -0.112. The van der Waals surface area contributed by atoms with Gasteiger partial charge in [0.15, 0.2) is 0 Å². The van der Waals surface area contributed by atoms with Gasteiger partial charge in [0, 0.05) is 34.8 Å². The fourth-order valence-electron chi connectivity index (χ4n) is 2.90. The van der Waals surface area contributed by atoms with Crippen molar-refractivity contribution in [3.8, 4) is 16.6 Å². The highest BCUT2D eigenvalue weighted by Crippen LogP contribution is 2.21. The Morgan fingerprint density at radius 3 is 2.81 bits per heavy atom. The quantitative estimate of drug-likeness (QED) is 0.559. The van der Waals surface area contributed by atoms with Crippen LogP contribution >= 0.6 is 11.5 Å². The van der Waals surface area contributed by atoms with Gasteiger partial charge < -0.3 is 10.3 Å². The van der Waals surface area contributed by atoms with E-state index in [1.807, 2.05) is 30.3 Å². The van der Waals surface area contributed by atoms with Gasteiger partial charge in [0.1, 0.15) is 17.4 Å². The number of nitrogens with zero attached hydrogens (tertiary/aromatic N) is 3. The van der Waals surface area contributed by atoms with E-state index < -0.39 is 0 Å². The number of carbonyl (C=O) groups excluding carboxylic acids is 1. The SMILES string of the molecule is N#Cc1c[nH]c2ccc(CCNC(=O)c3ccc(-c4ncns4)cc3)cc12. The second kappa shape index (κ2) is 7.40. The van der Waals surface area contributed by atoms with E-state index in [0.29, 0.717) is 24.1 Å². The molecule has 7 heteroatoms. The maximum Gasteiger partial charge on any atom is 0.251 e. The molecule has 0 aliphatic carbocycles. The van der Waals surface area contributed by atoms with Crippen LogP contribution in [0.25, 0.3) is 21.5 Å². The fraction of sp³-hybridized carbons (Fsp3) is 0.100. The number of carbonyl (C=O) groups is 1. The van der Waals surface area contributed by atoms with Crippen LogP contribution in [0.1, 0.15) is 21.5 Å². The molecule has 0 radical (unpaired) electrons. The Balaban J connectivity index is 1.37. The third-order valence-corrected chi connectivity index (χ3v) is 5.03. The van der Waals surface area contributed by atoms with Crippen molar-refractivity contribution in [1.29, 1.82) is 5.26 Å². The van der Waals surface area contributed by atoms with E-state index in [9.17, 15) is 4.79 Å². The van der Waals surface area contributed by atoms with E-state index in [-0.39, 0.29) is 5.91 Å². The van der Waals surface area contributed by atoms with E-state index >= 15 is 0 Å². The van der Waals surface area contributed by atoms with Gasteiger partial charge in [0.25, 0.3) is 5.91 Å². The van der Waals surface area contributed by atoms with Crippen molar-refractivity contribution in [3.63, 3.8) is 0 Å². The molecule has 0 saturated carbocycles. The lowest BCUT2D eigenvalue weighted by Gasteiger charge is -2.06. The van der Waals surface area contributed by atoms with Crippen LogP contribution in [0.15, 0.2) is 55.0 Å². The van der Waals surface area contributed by atoms with Gasteiger partial charge in [-0.2, -0.15) is 9.64 Å². The maximum absolute atomic E-state index is 12.3. The average Bonchev–Trinajstić information content (AvgIpc) is 3.37. The Hall–Kier alpha value is -3.50. The Labute approximate surface area is 159 Å². The van der Waals surface area contributed by atoms with Crippen LogP contribution in [0.3, 0.4) is 0 Å². The molecule has 0 atom stereocenters. The fourth-order valence-corrected chi connectivity index (χ4v) is 3.43. The van der Waals surface area contributed by atoms with E-state index in [2.05, 4.69) is 25.7 Å². The molecular formula is C20H15N5OS. The summed E-state index contributed by atoms with van der Waals surface area (Å²) in [6, 6.07) is 15.5. The van der Waals surface area contributed by atoms with Crippen LogP contribution in [0.2, 0.25) is 0 Å². The smallest absolute Gasteiger partial charge is 0.251 e. The molecule has 2 aromatic carbocycles. The van der Waals surface area contributed by atoms with Gasteiger partial charge in [-0.1, -0.05) is 18.2 Å². The topological polar surface area (TPSA) is 94.5 Å². The normalized spacial score (nSPS) is 10.6. The van der Waals surface area contributed by atoms with Gasteiger partial charge in [0.2, 0.25) is 0 Å². The number of fused-ring (bicyclic) bond motifs is 1. The molecule has 0 fully saturated rings. The molecule has 132 valence electrons. The number of nitriles is 1. The van der Waals surface area contributed by atoms with Crippen molar-refractivity contribution in [2.75, 3.05) is 6.54 Å². The van der Waals surface area contributed by atoms with Crippen LogP contribution < -0.4 is 5.32 Å². The van der Waals surface area contributed by atoms with E-state index in [1.165, 1.54) is 17.9 Å². The van der Waals surface area contributed by atoms with Crippen molar-refractivity contribution in [1.82, 2.24) is 19.7 Å². The van der Waals surface area contributed by atoms with Crippen molar-refractivity contribution >= 4 is 28.3 Å². The lowest BCUT2D eigenvalue weighted by Crippen LogP contribution is -2.25. The molecule has 2 aromatic heterocycles. The highest BCUT2D eigenvalue weighted by atomic mass is 32.1. The number of hydrogen-bond donors (Lipinski definition) is 2. The molecule has 0 saturated heterocycles. The van der Waals surface area contributed by atoms with Gasteiger partial charge >= 0.3 is 0 Å². The zero-order valence-electron chi connectivity index (χ0n) is 14.3. The van der Waals surface area contributed by atoms with E-state index in [4.69, 9.17) is 5.26 Å². The summed E-state index contributed by atoms with van der Waals surface area (Å²) < 4.78 is 3.98. The number of aromatic nitrogens is 3. The summed E-state index contributed by atoms with van der Waals surface area (Å²) in [5, 5.41) is 13.8. The molecule has 0 aliphatic rings. The minimum atomic E-state index is -0.112. The highest BCUT2D eigenvalue weighted by Gasteiger charge is 2.08. The summed E-state index contributed by atoms with van der Waals surface area (Å²) in [6.45, 7) is 0.523. The number of rotatable bonds is 5. The standard InChI is InChI=1S/C20H15N5OS/c21-10-16-11-23-18-6-1-13(9-17(16)18)7-8-22-19(26)14-2-4-15(5-3-14)20-24-12-25-27-20/h1-6,9,11-12,23H,7-8H2,(H,22,26). The van der Waals surface area contributed by atoms with Crippen LogP contribution in [0, 0.1) is 11.3 Å². The summed E-state index contributed by atoms with van der Waals surface area (Å²) in [7, 11) is 0. The molecule has 4 rings (SSSR count). The molecule has 1 amide bonds. The van der Waals surface area contributed by atoms with Crippen LogP contribution in [0.4, 0.5) is 0 Å². The first-order chi connectivity index (χ1) is 13.2. The first kappa shape index (κ1) is 16.9. The first-order valence-electron chi connectivity index (χ1n) is 8.40. The predicted molar refractivity (Wildman–Crippen MR) is 104 cm³/mol. The Bertz CT molecular complexity index is 1120. The molecule has 0 aliphatic heterocycles. The van der Waals surface area contributed by atoms with Crippen molar-refractivity contribution < 1.29 is 4.79 Å². The van der Waals surface area contributed by atoms with Crippen molar-refractivity contribution in [3.05, 3.63) is 71.7 Å². The Morgan fingerprint density at radius 1 is 1.22 bits per heavy atom. The zero-order chi connectivity index (χ0) is 18.6.